The average molecular weight is 437 g/mol. The van der Waals surface area contributed by atoms with Crippen LogP contribution in [-0.2, 0) is 4.74 Å². The molecule has 0 saturated heterocycles. The van der Waals surface area contributed by atoms with Crippen molar-refractivity contribution in [3.63, 3.8) is 0 Å². The van der Waals surface area contributed by atoms with Crippen LogP contribution in [0.1, 0.15) is 86.5 Å². The summed E-state index contributed by atoms with van der Waals surface area (Å²) in [5, 5.41) is 0. The number of hydrogen-bond donors (Lipinski definition) is 0. The predicted octanol–water partition coefficient (Wildman–Crippen LogP) is 9.14. The number of rotatable bonds is 14. The lowest BCUT2D eigenvalue weighted by atomic mass is 9.74. The molecule has 31 heavy (non-hydrogen) atoms. The quantitative estimate of drug-likeness (QED) is 0.247. The molecule has 0 heterocycles. The largest absolute Gasteiger partial charge is 0.375 e. The maximum Gasteiger partial charge on any atom is 0.104 e. The van der Waals surface area contributed by atoms with E-state index in [1.54, 1.807) is 6.08 Å². The van der Waals surface area contributed by atoms with Crippen molar-refractivity contribution in [1.82, 2.24) is 0 Å². The van der Waals surface area contributed by atoms with Crippen molar-refractivity contribution in [1.29, 1.82) is 0 Å². The number of allylic oxidation sites excluding steroid dienone is 6. The van der Waals surface area contributed by atoms with Gasteiger partial charge in [-0.15, -0.1) is 6.58 Å². The molecule has 0 bridgehead atoms. The van der Waals surface area contributed by atoms with Gasteiger partial charge in [0.15, 0.2) is 0 Å². The van der Waals surface area contributed by atoms with E-state index in [0.717, 1.165) is 25.7 Å². The standard InChI is InChI=1S/C28H46F2O/c1-8-12-24(13-9-2)21(5)18-23-14-15-25(26(29)20-23)16-17-28(7,10-3)27(30)19-22(6)31-11-4/h8-9,13,19-25H,1,10-12,14-18H2,2-7H3/b13-9-,27-19+/t21?,22?,23?,24?,25-,28?/m1/s1. The van der Waals surface area contributed by atoms with E-state index >= 15 is 0 Å². The van der Waals surface area contributed by atoms with Gasteiger partial charge in [-0.1, -0.05) is 39.0 Å². The lowest BCUT2D eigenvalue weighted by Gasteiger charge is -2.32. The second-order valence-electron chi connectivity index (χ2n) is 9.64. The fourth-order valence-electron chi connectivity index (χ4n) is 4.73. The monoisotopic (exact) mass is 436 g/mol. The Morgan fingerprint density at radius 1 is 1.32 bits per heavy atom. The van der Waals surface area contributed by atoms with Gasteiger partial charge in [-0.3, -0.25) is 0 Å². The molecule has 6 atom stereocenters. The van der Waals surface area contributed by atoms with Crippen LogP contribution < -0.4 is 0 Å². The molecular formula is C28H46F2O. The van der Waals surface area contributed by atoms with Crippen LogP contribution in [-0.4, -0.2) is 12.7 Å². The highest BCUT2D eigenvalue weighted by molar-refractivity contribution is 5.10. The molecule has 0 aromatic carbocycles. The van der Waals surface area contributed by atoms with Gasteiger partial charge in [0.1, 0.15) is 5.83 Å². The van der Waals surface area contributed by atoms with Gasteiger partial charge in [-0.2, -0.15) is 0 Å². The number of ether oxygens (including phenoxy) is 1. The summed E-state index contributed by atoms with van der Waals surface area (Å²) in [4.78, 5) is 0. The molecule has 0 spiro atoms. The first-order chi connectivity index (χ1) is 14.7. The van der Waals surface area contributed by atoms with Crippen molar-refractivity contribution in [2.75, 3.05) is 6.61 Å². The van der Waals surface area contributed by atoms with Crippen LogP contribution >= 0.6 is 0 Å². The minimum atomic E-state index is -0.554. The van der Waals surface area contributed by atoms with Crippen molar-refractivity contribution >= 4 is 0 Å². The zero-order chi connectivity index (χ0) is 23.4. The Morgan fingerprint density at radius 3 is 2.58 bits per heavy atom. The van der Waals surface area contributed by atoms with Gasteiger partial charge < -0.3 is 4.74 Å². The zero-order valence-electron chi connectivity index (χ0n) is 20.8. The Labute approximate surface area is 190 Å². The Bertz CT molecular complexity index is 621. The van der Waals surface area contributed by atoms with Gasteiger partial charge >= 0.3 is 0 Å². The van der Waals surface area contributed by atoms with Crippen molar-refractivity contribution in [2.24, 2.45) is 29.1 Å². The summed E-state index contributed by atoms with van der Waals surface area (Å²) >= 11 is 0. The molecule has 1 aliphatic carbocycles. The summed E-state index contributed by atoms with van der Waals surface area (Å²) in [7, 11) is 0. The molecule has 0 aromatic rings. The third kappa shape index (κ3) is 9.04. The van der Waals surface area contributed by atoms with E-state index in [1.165, 1.54) is 0 Å². The van der Waals surface area contributed by atoms with E-state index in [1.807, 2.05) is 46.8 Å². The van der Waals surface area contributed by atoms with Crippen LogP contribution in [0.4, 0.5) is 8.78 Å². The molecule has 0 fully saturated rings. The van der Waals surface area contributed by atoms with Crippen LogP contribution in [0.15, 0.2) is 48.6 Å². The fourth-order valence-corrected chi connectivity index (χ4v) is 4.73. The summed E-state index contributed by atoms with van der Waals surface area (Å²) in [5.41, 5.74) is -0.554. The van der Waals surface area contributed by atoms with Crippen LogP contribution in [0, 0.1) is 29.1 Å². The second-order valence-corrected chi connectivity index (χ2v) is 9.64. The SMILES string of the molecule is C=CCC(/C=C\C)C(C)CC1C=C(F)[C@@H](CCC(C)(CC)/C(F)=C\C(C)OCC)CC1. The van der Waals surface area contributed by atoms with E-state index in [2.05, 4.69) is 25.7 Å². The lowest BCUT2D eigenvalue weighted by Crippen LogP contribution is -2.22. The minimum absolute atomic E-state index is 0.0141. The molecule has 0 radical (unpaired) electrons. The van der Waals surface area contributed by atoms with Crippen molar-refractivity contribution in [3.05, 3.63) is 48.6 Å². The van der Waals surface area contributed by atoms with E-state index in [9.17, 15) is 8.78 Å². The minimum Gasteiger partial charge on any atom is -0.375 e. The highest BCUT2D eigenvalue weighted by Gasteiger charge is 2.32. The molecular weight excluding hydrogens is 390 g/mol. The van der Waals surface area contributed by atoms with Crippen molar-refractivity contribution < 1.29 is 13.5 Å². The Morgan fingerprint density at radius 2 is 2.03 bits per heavy atom. The summed E-state index contributed by atoms with van der Waals surface area (Å²) in [6.45, 7) is 16.5. The van der Waals surface area contributed by atoms with Crippen molar-refractivity contribution in [3.8, 4) is 0 Å². The Balaban J connectivity index is 2.71. The summed E-state index contributed by atoms with van der Waals surface area (Å²) < 4.78 is 35.3. The number of halogens is 2. The molecule has 0 N–H and O–H groups in total. The first-order valence-electron chi connectivity index (χ1n) is 12.3. The smallest absolute Gasteiger partial charge is 0.104 e. The first-order valence-corrected chi connectivity index (χ1v) is 12.3. The van der Waals surface area contributed by atoms with Gasteiger partial charge in [0, 0.05) is 17.9 Å². The van der Waals surface area contributed by atoms with Crippen LogP contribution in [0.25, 0.3) is 0 Å². The summed E-state index contributed by atoms with van der Waals surface area (Å²) in [5.74, 6) is 1.07. The van der Waals surface area contributed by atoms with Gasteiger partial charge in [-0.05, 0) is 95.6 Å². The summed E-state index contributed by atoms with van der Waals surface area (Å²) in [6.07, 6.45) is 15.4. The second kappa shape index (κ2) is 14.0. The Kier molecular flexibility index (Phi) is 12.6. The van der Waals surface area contributed by atoms with Gasteiger partial charge in [0.25, 0.3) is 0 Å². The topological polar surface area (TPSA) is 9.23 Å². The first kappa shape index (κ1) is 27.8. The van der Waals surface area contributed by atoms with Crippen LogP contribution in [0.2, 0.25) is 0 Å². The molecule has 5 unspecified atom stereocenters. The molecule has 1 rings (SSSR count). The highest BCUT2D eigenvalue weighted by atomic mass is 19.1. The number of hydrogen-bond acceptors (Lipinski definition) is 1. The Hall–Kier alpha value is -1.22. The predicted molar refractivity (Wildman–Crippen MR) is 130 cm³/mol. The summed E-state index contributed by atoms with van der Waals surface area (Å²) in [6, 6.07) is 0. The van der Waals surface area contributed by atoms with Gasteiger partial charge in [0.05, 0.1) is 11.9 Å². The van der Waals surface area contributed by atoms with Gasteiger partial charge in [-0.25, -0.2) is 8.78 Å². The zero-order valence-corrected chi connectivity index (χ0v) is 20.8. The molecule has 1 aliphatic rings. The van der Waals surface area contributed by atoms with Gasteiger partial charge in [0.2, 0.25) is 0 Å². The lowest BCUT2D eigenvalue weighted by molar-refractivity contribution is 0.105. The molecule has 178 valence electrons. The molecule has 1 nitrogen and oxygen atoms in total. The third-order valence-electron chi connectivity index (χ3n) is 7.17. The maximum atomic E-state index is 14.9. The van der Waals surface area contributed by atoms with E-state index in [0.29, 0.717) is 43.6 Å². The van der Waals surface area contributed by atoms with Crippen LogP contribution in [0.5, 0.6) is 0 Å². The molecule has 0 amide bonds. The normalized spacial score (nSPS) is 25.0. The third-order valence-corrected chi connectivity index (χ3v) is 7.17. The highest BCUT2D eigenvalue weighted by Crippen LogP contribution is 2.42. The van der Waals surface area contributed by atoms with Crippen LogP contribution in [0.3, 0.4) is 0 Å². The van der Waals surface area contributed by atoms with Crippen molar-refractivity contribution in [2.45, 2.75) is 92.6 Å². The maximum absolute atomic E-state index is 14.9. The van der Waals surface area contributed by atoms with E-state index < -0.39 is 5.41 Å². The molecule has 3 heteroatoms. The average Bonchev–Trinajstić information content (AvgIpc) is 2.72. The fraction of sp³-hybridized carbons (Fsp3) is 0.714. The molecule has 0 aliphatic heterocycles. The molecule has 0 saturated carbocycles. The van der Waals surface area contributed by atoms with E-state index in [4.69, 9.17) is 4.74 Å². The van der Waals surface area contributed by atoms with E-state index in [-0.39, 0.29) is 23.7 Å². The molecule has 0 aromatic heterocycles.